The van der Waals surface area contributed by atoms with E-state index in [1.54, 1.807) is 0 Å². The van der Waals surface area contributed by atoms with Crippen molar-refractivity contribution in [2.24, 2.45) is 5.92 Å². The molecule has 0 spiro atoms. The van der Waals surface area contributed by atoms with Crippen LogP contribution in [0.15, 0.2) is 24.3 Å². The Labute approximate surface area is 93.5 Å². The second-order valence-corrected chi connectivity index (χ2v) is 4.58. The molecule has 0 fully saturated rings. The first-order chi connectivity index (χ1) is 7.13. The lowest BCUT2D eigenvalue weighted by atomic mass is 9.99. The Morgan fingerprint density at radius 2 is 1.67 bits per heavy atom. The molecule has 0 saturated carbocycles. The van der Waals surface area contributed by atoms with Crippen LogP contribution in [-0.4, -0.2) is 6.61 Å². The molecule has 1 unspecified atom stereocenters. The molecule has 0 saturated heterocycles. The Kier molecular flexibility index (Phi) is 4.67. The molecule has 84 valence electrons. The number of benzene rings is 1. The van der Waals surface area contributed by atoms with Gasteiger partial charge in [0.25, 0.3) is 0 Å². The highest BCUT2D eigenvalue weighted by atomic mass is 16.5. The lowest BCUT2D eigenvalue weighted by molar-refractivity contribution is 0.271. The molecule has 0 aliphatic rings. The Morgan fingerprint density at radius 3 is 2.13 bits per heavy atom. The van der Waals surface area contributed by atoms with Gasteiger partial charge in [0.2, 0.25) is 0 Å². The van der Waals surface area contributed by atoms with Crippen LogP contribution in [0.3, 0.4) is 0 Å². The van der Waals surface area contributed by atoms with Gasteiger partial charge < -0.3 is 4.74 Å². The summed E-state index contributed by atoms with van der Waals surface area (Å²) in [6, 6.07) is 8.49. The maximum atomic E-state index is 5.64. The Balaban J connectivity index is 2.56. The van der Waals surface area contributed by atoms with E-state index in [-0.39, 0.29) is 0 Å². The minimum Gasteiger partial charge on any atom is -0.493 e. The van der Waals surface area contributed by atoms with E-state index in [0.717, 1.165) is 12.4 Å². The number of rotatable bonds is 5. The molecule has 1 heteroatoms. The maximum absolute atomic E-state index is 5.64. The molecule has 0 aliphatic carbocycles. The summed E-state index contributed by atoms with van der Waals surface area (Å²) in [6.07, 6.45) is 1.19. The van der Waals surface area contributed by atoms with Crippen molar-refractivity contribution >= 4 is 0 Å². The van der Waals surface area contributed by atoms with E-state index in [4.69, 9.17) is 4.74 Å². The molecule has 0 radical (unpaired) electrons. The van der Waals surface area contributed by atoms with E-state index in [1.807, 2.05) is 0 Å². The molecular formula is C14H22O. The molecule has 1 atom stereocenters. The summed E-state index contributed by atoms with van der Waals surface area (Å²) in [5.74, 6) is 2.21. The molecule has 1 aromatic rings. The Morgan fingerprint density at radius 1 is 1.07 bits per heavy atom. The van der Waals surface area contributed by atoms with Crippen molar-refractivity contribution in [1.29, 1.82) is 0 Å². The van der Waals surface area contributed by atoms with E-state index in [0.29, 0.717) is 11.8 Å². The molecular weight excluding hydrogens is 184 g/mol. The van der Waals surface area contributed by atoms with Crippen molar-refractivity contribution < 1.29 is 4.74 Å². The van der Waals surface area contributed by atoms with Crippen molar-refractivity contribution in [2.75, 3.05) is 6.61 Å². The van der Waals surface area contributed by atoms with Crippen LogP contribution in [0.5, 0.6) is 5.75 Å². The zero-order valence-electron chi connectivity index (χ0n) is 10.3. The van der Waals surface area contributed by atoms with E-state index in [2.05, 4.69) is 52.0 Å². The SMILES string of the molecule is CCC(C)c1ccc(OCC(C)C)cc1. The van der Waals surface area contributed by atoms with Crippen LogP contribution in [0.2, 0.25) is 0 Å². The molecule has 0 N–H and O–H groups in total. The monoisotopic (exact) mass is 206 g/mol. The van der Waals surface area contributed by atoms with E-state index in [1.165, 1.54) is 12.0 Å². The van der Waals surface area contributed by atoms with Gasteiger partial charge in [-0.1, -0.05) is 39.8 Å². The molecule has 0 heterocycles. The normalized spacial score (nSPS) is 12.9. The van der Waals surface area contributed by atoms with Gasteiger partial charge in [-0.3, -0.25) is 0 Å². The van der Waals surface area contributed by atoms with Crippen molar-refractivity contribution in [2.45, 2.75) is 40.0 Å². The van der Waals surface area contributed by atoms with Gasteiger partial charge in [-0.2, -0.15) is 0 Å². The average Bonchev–Trinajstić information content (AvgIpc) is 2.26. The number of hydrogen-bond donors (Lipinski definition) is 0. The van der Waals surface area contributed by atoms with Crippen LogP contribution >= 0.6 is 0 Å². The van der Waals surface area contributed by atoms with Crippen LogP contribution in [-0.2, 0) is 0 Å². The summed E-state index contributed by atoms with van der Waals surface area (Å²) in [7, 11) is 0. The van der Waals surface area contributed by atoms with Gasteiger partial charge >= 0.3 is 0 Å². The maximum Gasteiger partial charge on any atom is 0.119 e. The highest BCUT2D eigenvalue weighted by molar-refractivity contribution is 5.29. The first kappa shape index (κ1) is 12.1. The molecule has 1 nitrogen and oxygen atoms in total. The van der Waals surface area contributed by atoms with E-state index < -0.39 is 0 Å². The molecule has 15 heavy (non-hydrogen) atoms. The molecule has 1 rings (SSSR count). The molecule has 1 aromatic carbocycles. The van der Waals surface area contributed by atoms with Crippen molar-refractivity contribution in [1.82, 2.24) is 0 Å². The summed E-state index contributed by atoms with van der Waals surface area (Å²) < 4.78 is 5.64. The zero-order chi connectivity index (χ0) is 11.3. The largest absolute Gasteiger partial charge is 0.493 e. The average molecular weight is 206 g/mol. The predicted molar refractivity (Wildman–Crippen MR) is 65.5 cm³/mol. The van der Waals surface area contributed by atoms with Crippen LogP contribution in [0.1, 0.15) is 45.6 Å². The lowest BCUT2D eigenvalue weighted by Crippen LogP contribution is -2.04. The lowest BCUT2D eigenvalue weighted by Gasteiger charge is -2.11. The minimum atomic E-state index is 0.583. The molecule has 0 aliphatic heterocycles. The first-order valence-corrected chi connectivity index (χ1v) is 5.86. The number of hydrogen-bond acceptors (Lipinski definition) is 1. The second kappa shape index (κ2) is 5.79. The standard InChI is InChI=1S/C14H22O/c1-5-12(4)13-6-8-14(9-7-13)15-10-11(2)3/h6-9,11-12H,5,10H2,1-4H3. The fourth-order valence-electron chi connectivity index (χ4n) is 1.39. The second-order valence-electron chi connectivity index (χ2n) is 4.58. The van der Waals surface area contributed by atoms with Crippen molar-refractivity contribution in [3.05, 3.63) is 29.8 Å². The van der Waals surface area contributed by atoms with E-state index in [9.17, 15) is 0 Å². The molecule has 0 bridgehead atoms. The predicted octanol–water partition coefficient (Wildman–Crippen LogP) is 4.23. The first-order valence-electron chi connectivity index (χ1n) is 5.86. The van der Waals surface area contributed by atoms with Gasteiger partial charge in [-0.05, 0) is 36.0 Å². The van der Waals surface area contributed by atoms with Gasteiger partial charge in [0.05, 0.1) is 6.61 Å². The van der Waals surface area contributed by atoms with Crippen LogP contribution < -0.4 is 4.74 Å². The van der Waals surface area contributed by atoms with Gasteiger partial charge in [-0.15, -0.1) is 0 Å². The van der Waals surface area contributed by atoms with Gasteiger partial charge in [-0.25, -0.2) is 0 Å². The topological polar surface area (TPSA) is 9.23 Å². The summed E-state index contributed by atoms with van der Waals surface area (Å²) in [5, 5.41) is 0. The fourth-order valence-corrected chi connectivity index (χ4v) is 1.39. The van der Waals surface area contributed by atoms with Crippen LogP contribution in [0, 0.1) is 5.92 Å². The van der Waals surface area contributed by atoms with Crippen molar-refractivity contribution in [3.8, 4) is 5.75 Å². The fraction of sp³-hybridized carbons (Fsp3) is 0.571. The third-order valence-electron chi connectivity index (χ3n) is 2.64. The summed E-state index contributed by atoms with van der Waals surface area (Å²) in [5.41, 5.74) is 1.40. The van der Waals surface area contributed by atoms with Gasteiger partial charge in [0.1, 0.15) is 5.75 Å². The van der Waals surface area contributed by atoms with Crippen LogP contribution in [0.25, 0.3) is 0 Å². The summed E-state index contributed by atoms with van der Waals surface area (Å²) >= 11 is 0. The van der Waals surface area contributed by atoms with E-state index >= 15 is 0 Å². The third kappa shape index (κ3) is 3.94. The third-order valence-corrected chi connectivity index (χ3v) is 2.64. The molecule has 0 amide bonds. The zero-order valence-corrected chi connectivity index (χ0v) is 10.3. The highest BCUT2D eigenvalue weighted by Crippen LogP contribution is 2.21. The Bertz CT molecular complexity index is 274. The smallest absolute Gasteiger partial charge is 0.119 e. The minimum absolute atomic E-state index is 0.583. The Hall–Kier alpha value is -0.980. The summed E-state index contributed by atoms with van der Waals surface area (Å²) in [6.45, 7) is 9.58. The van der Waals surface area contributed by atoms with Crippen LogP contribution in [0.4, 0.5) is 0 Å². The van der Waals surface area contributed by atoms with Gasteiger partial charge in [0, 0.05) is 0 Å². The molecule has 0 aromatic heterocycles. The highest BCUT2D eigenvalue weighted by Gasteiger charge is 2.02. The summed E-state index contributed by atoms with van der Waals surface area (Å²) in [4.78, 5) is 0. The van der Waals surface area contributed by atoms with Gasteiger partial charge in [0.15, 0.2) is 0 Å². The van der Waals surface area contributed by atoms with Crippen molar-refractivity contribution in [3.63, 3.8) is 0 Å². The number of ether oxygens (including phenoxy) is 1. The quantitative estimate of drug-likeness (QED) is 0.700.